The lowest BCUT2D eigenvalue weighted by Crippen LogP contribution is -2.38. The van der Waals surface area contributed by atoms with E-state index in [1.807, 2.05) is 41.3 Å². The average molecular weight is 335 g/mol. The first-order valence-corrected chi connectivity index (χ1v) is 8.89. The van der Waals surface area contributed by atoms with Crippen molar-refractivity contribution in [2.24, 2.45) is 5.92 Å². The van der Waals surface area contributed by atoms with Crippen LogP contribution in [0.25, 0.3) is 11.3 Å². The number of aromatic nitrogens is 2. The largest absolute Gasteiger partial charge is 0.328 e. The maximum Gasteiger partial charge on any atom is 0.254 e. The second-order valence-corrected chi connectivity index (χ2v) is 7.20. The van der Waals surface area contributed by atoms with E-state index < -0.39 is 0 Å². The molecule has 2 aromatic rings. The molecule has 0 N–H and O–H groups in total. The van der Waals surface area contributed by atoms with Crippen LogP contribution in [-0.4, -0.2) is 33.6 Å². The van der Waals surface area contributed by atoms with Gasteiger partial charge in [0.2, 0.25) is 0 Å². The smallest absolute Gasteiger partial charge is 0.254 e. The van der Waals surface area contributed by atoms with Crippen molar-refractivity contribution in [3.05, 3.63) is 59.8 Å². The molecule has 0 fully saturated rings. The number of carbonyl (C=O) groups is 1. The van der Waals surface area contributed by atoms with Crippen molar-refractivity contribution < 1.29 is 4.79 Å². The minimum atomic E-state index is 0.0801. The first-order valence-electron chi connectivity index (χ1n) is 8.89. The highest BCUT2D eigenvalue weighted by molar-refractivity contribution is 5.95. The molecule has 1 aliphatic heterocycles. The van der Waals surface area contributed by atoms with E-state index in [2.05, 4.69) is 50.0 Å². The fourth-order valence-corrected chi connectivity index (χ4v) is 3.09. The van der Waals surface area contributed by atoms with Gasteiger partial charge < -0.3 is 4.90 Å². The first-order chi connectivity index (χ1) is 12.0. The van der Waals surface area contributed by atoms with Gasteiger partial charge in [0.25, 0.3) is 5.91 Å². The maximum atomic E-state index is 12.8. The van der Waals surface area contributed by atoms with Crippen LogP contribution < -0.4 is 0 Å². The highest BCUT2D eigenvalue weighted by Crippen LogP contribution is 2.23. The van der Waals surface area contributed by atoms with E-state index in [0.717, 1.165) is 17.0 Å². The normalized spacial score (nSPS) is 16.9. The Labute approximate surface area is 149 Å². The minimum Gasteiger partial charge on any atom is -0.328 e. The zero-order chi connectivity index (χ0) is 18.0. The van der Waals surface area contributed by atoms with Crippen LogP contribution in [0.4, 0.5) is 0 Å². The average Bonchev–Trinajstić information content (AvgIpc) is 3.11. The molecular weight excluding hydrogens is 310 g/mol. The van der Waals surface area contributed by atoms with E-state index in [9.17, 15) is 4.79 Å². The SMILES string of the molecule is CC(C)c1ccc(-c2ccc(C(=O)N3CC=C[C@@H]3C(C)C)cc2)nn1. The van der Waals surface area contributed by atoms with Gasteiger partial charge in [0.05, 0.1) is 17.4 Å². The highest BCUT2D eigenvalue weighted by atomic mass is 16.2. The molecule has 2 heterocycles. The Morgan fingerprint density at radius 1 is 1.04 bits per heavy atom. The first kappa shape index (κ1) is 17.3. The van der Waals surface area contributed by atoms with E-state index in [0.29, 0.717) is 23.9 Å². The molecule has 3 rings (SSSR count). The van der Waals surface area contributed by atoms with Crippen molar-refractivity contribution in [2.75, 3.05) is 6.54 Å². The van der Waals surface area contributed by atoms with Gasteiger partial charge in [-0.05, 0) is 36.1 Å². The molecule has 130 valence electrons. The molecule has 1 aliphatic rings. The summed E-state index contributed by atoms with van der Waals surface area (Å²) in [4.78, 5) is 14.7. The molecule has 4 heteroatoms. The second-order valence-electron chi connectivity index (χ2n) is 7.20. The number of carbonyl (C=O) groups excluding carboxylic acids is 1. The molecule has 1 amide bonds. The number of benzene rings is 1. The molecule has 0 spiro atoms. The third-order valence-electron chi connectivity index (χ3n) is 4.64. The Bertz CT molecular complexity index is 761. The lowest BCUT2D eigenvalue weighted by atomic mass is 10.0. The van der Waals surface area contributed by atoms with Gasteiger partial charge in [-0.3, -0.25) is 4.79 Å². The van der Waals surface area contributed by atoms with Gasteiger partial charge in [-0.25, -0.2) is 0 Å². The summed E-state index contributed by atoms with van der Waals surface area (Å²) in [6, 6.07) is 11.8. The molecule has 4 nitrogen and oxygen atoms in total. The summed E-state index contributed by atoms with van der Waals surface area (Å²) in [5, 5.41) is 8.57. The number of rotatable bonds is 4. The van der Waals surface area contributed by atoms with Crippen LogP contribution in [0.3, 0.4) is 0 Å². The predicted molar refractivity (Wildman–Crippen MR) is 100 cm³/mol. The third-order valence-corrected chi connectivity index (χ3v) is 4.64. The lowest BCUT2D eigenvalue weighted by molar-refractivity contribution is 0.0720. The van der Waals surface area contributed by atoms with Gasteiger partial charge in [0.15, 0.2) is 0 Å². The van der Waals surface area contributed by atoms with E-state index in [1.165, 1.54) is 0 Å². The zero-order valence-corrected chi connectivity index (χ0v) is 15.3. The molecule has 0 aliphatic carbocycles. The number of hydrogen-bond donors (Lipinski definition) is 0. The quantitative estimate of drug-likeness (QED) is 0.783. The number of amides is 1. The summed E-state index contributed by atoms with van der Waals surface area (Å²) < 4.78 is 0. The van der Waals surface area contributed by atoms with Crippen LogP contribution >= 0.6 is 0 Å². The fraction of sp³-hybridized carbons (Fsp3) is 0.381. The van der Waals surface area contributed by atoms with Gasteiger partial charge in [-0.1, -0.05) is 52.0 Å². The van der Waals surface area contributed by atoms with Crippen molar-refractivity contribution in [2.45, 2.75) is 39.7 Å². The van der Waals surface area contributed by atoms with Gasteiger partial charge in [0, 0.05) is 17.7 Å². The fourth-order valence-electron chi connectivity index (χ4n) is 3.09. The predicted octanol–water partition coefficient (Wildman–Crippen LogP) is 4.30. The number of nitrogens with zero attached hydrogens (tertiary/aromatic N) is 3. The van der Waals surface area contributed by atoms with Crippen molar-refractivity contribution in [3.8, 4) is 11.3 Å². The molecule has 1 atom stereocenters. The van der Waals surface area contributed by atoms with E-state index in [4.69, 9.17) is 0 Å². The van der Waals surface area contributed by atoms with Crippen molar-refractivity contribution in [1.29, 1.82) is 0 Å². The van der Waals surface area contributed by atoms with Crippen LogP contribution in [0.15, 0.2) is 48.6 Å². The summed E-state index contributed by atoms with van der Waals surface area (Å²) in [5.41, 5.74) is 3.49. The second kappa shape index (κ2) is 7.18. The summed E-state index contributed by atoms with van der Waals surface area (Å²) >= 11 is 0. The standard InChI is InChI=1S/C21H25N3O/c1-14(2)18-11-12-19(23-22-18)16-7-9-17(10-8-16)21(25)24-13-5-6-20(24)15(3)4/h5-12,14-15,20H,13H2,1-4H3/t20-/m1/s1. The maximum absolute atomic E-state index is 12.8. The van der Waals surface area contributed by atoms with Gasteiger partial charge in [-0.15, -0.1) is 0 Å². The van der Waals surface area contributed by atoms with Gasteiger partial charge in [0.1, 0.15) is 0 Å². The van der Waals surface area contributed by atoms with Crippen LogP contribution in [0.5, 0.6) is 0 Å². The molecule has 1 aromatic heterocycles. The zero-order valence-electron chi connectivity index (χ0n) is 15.3. The summed E-state index contributed by atoms with van der Waals surface area (Å²) in [6.45, 7) is 9.17. The van der Waals surface area contributed by atoms with Gasteiger partial charge in [-0.2, -0.15) is 10.2 Å². The minimum absolute atomic E-state index is 0.0801. The third kappa shape index (κ3) is 3.63. The van der Waals surface area contributed by atoms with Gasteiger partial charge >= 0.3 is 0 Å². The molecule has 1 aromatic carbocycles. The molecule has 0 unspecified atom stereocenters. The number of hydrogen-bond acceptors (Lipinski definition) is 3. The van der Waals surface area contributed by atoms with Crippen molar-refractivity contribution >= 4 is 5.91 Å². The van der Waals surface area contributed by atoms with Crippen LogP contribution in [0, 0.1) is 5.92 Å². The monoisotopic (exact) mass is 335 g/mol. The summed E-state index contributed by atoms with van der Waals surface area (Å²) in [7, 11) is 0. The summed E-state index contributed by atoms with van der Waals surface area (Å²) in [5.74, 6) is 0.859. The Kier molecular flexibility index (Phi) is 4.98. The molecule has 0 saturated carbocycles. The molecule has 0 saturated heterocycles. The van der Waals surface area contributed by atoms with E-state index >= 15 is 0 Å². The Balaban J connectivity index is 1.77. The molecule has 25 heavy (non-hydrogen) atoms. The van der Waals surface area contributed by atoms with Crippen LogP contribution in [0.2, 0.25) is 0 Å². The topological polar surface area (TPSA) is 46.1 Å². The van der Waals surface area contributed by atoms with Crippen LogP contribution in [-0.2, 0) is 0 Å². The Morgan fingerprint density at radius 2 is 1.76 bits per heavy atom. The Morgan fingerprint density at radius 3 is 2.32 bits per heavy atom. The van der Waals surface area contributed by atoms with E-state index in [1.54, 1.807) is 0 Å². The Hall–Kier alpha value is -2.49. The van der Waals surface area contributed by atoms with E-state index in [-0.39, 0.29) is 11.9 Å². The van der Waals surface area contributed by atoms with Crippen molar-refractivity contribution in [1.82, 2.24) is 15.1 Å². The molecule has 0 bridgehead atoms. The summed E-state index contributed by atoms with van der Waals surface area (Å²) in [6.07, 6.45) is 4.20. The molecule has 0 radical (unpaired) electrons. The van der Waals surface area contributed by atoms with Crippen LogP contribution in [0.1, 0.15) is 49.7 Å². The lowest BCUT2D eigenvalue weighted by Gasteiger charge is -2.27. The molecular formula is C21H25N3O. The highest BCUT2D eigenvalue weighted by Gasteiger charge is 2.27. The van der Waals surface area contributed by atoms with Crippen molar-refractivity contribution in [3.63, 3.8) is 0 Å².